The fourth-order valence-electron chi connectivity index (χ4n) is 2.26. The lowest BCUT2D eigenvalue weighted by Gasteiger charge is -2.20. The van der Waals surface area contributed by atoms with E-state index in [1.54, 1.807) is 6.07 Å². The van der Waals surface area contributed by atoms with Crippen LogP contribution in [0.15, 0.2) is 18.2 Å². The van der Waals surface area contributed by atoms with E-state index >= 15 is 0 Å². The number of nitro benzene ring substituents is 1. The summed E-state index contributed by atoms with van der Waals surface area (Å²) in [7, 11) is 0. The Morgan fingerprint density at radius 2 is 2.06 bits per heavy atom. The largest absolute Gasteiger partial charge is 0.481 e. The van der Waals surface area contributed by atoms with E-state index in [1.165, 1.54) is 12.1 Å². The van der Waals surface area contributed by atoms with Crippen molar-refractivity contribution in [2.24, 2.45) is 0 Å². The number of nitrogens with zero attached hydrogens (tertiary/aromatic N) is 2. The Morgan fingerprint density at radius 3 is 2.61 bits per heavy atom. The second kappa shape index (κ2) is 5.03. The molecule has 0 amide bonds. The van der Waals surface area contributed by atoms with E-state index in [1.807, 2.05) is 0 Å². The summed E-state index contributed by atoms with van der Waals surface area (Å²) < 4.78 is 0. The van der Waals surface area contributed by atoms with Crippen LogP contribution in [-0.2, 0) is 11.2 Å². The molecule has 1 aliphatic rings. The van der Waals surface area contributed by atoms with Gasteiger partial charge in [-0.15, -0.1) is 0 Å². The third-order valence-corrected chi connectivity index (χ3v) is 3.06. The van der Waals surface area contributed by atoms with Crippen molar-refractivity contribution in [3.05, 3.63) is 33.9 Å². The minimum Gasteiger partial charge on any atom is -0.481 e. The van der Waals surface area contributed by atoms with Gasteiger partial charge in [-0.2, -0.15) is 0 Å². The molecule has 0 atom stereocenters. The Morgan fingerprint density at radius 1 is 1.39 bits per heavy atom. The third-order valence-electron chi connectivity index (χ3n) is 3.06. The zero-order chi connectivity index (χ0) is 13.1. The summed E-state index contributed by atoms with van der Waals surface area (Å²) in [5, 5.41) is 19.6. The minimum absolute atomic E-state index is 0.0609. The fraction of sp³-hybridized carbons (Fsp3) is 0.417. The van der Waals surface area contributed by atoms with Gasteiger partial charge in [-0.25, -0.2) is 0 Å². The van der Waals surface area contributed by atoms with Crippen LogP contribution < -0.4 is 4.90 Å². The van der Waals surface area contributed by atoms with E-state index in [4.69, 9.17) is 5.11 Å². The maximum atomic E-state index is 10.8. The molecule has 0 aromatic heterocycles. The van der Waals surface area contributed by atoms with Gasteiger partial charge in [0.05, 0.1) is 11.3 Å². The van der Waals surface area contributed by atoms with Gasteiger partial charge in [0.2, 0.25) is 0 Å². The van der Waals surface area contributed by atoms with Gasteiger partial charge in [-0.05, 0) is 24.5 Å². The van der Waals surface area contributed by atoms with Gasteiger partial charge in [0.25, 0.3) is 5.69 Å². The molecule has 1 saturated heterocycles. The maximum Gasteiger partial charge on any atom is 0.307 e. The van der Waals surface area contributed by atoms with Crippen molar-refractivity contribution in [1.29, 1.82) is 0 Å². The predicted octanol–water partition coefficient (Wildman–Crippen LogP) is 1.82. The molecule has 0 radical (unpaired) electrons. The normalized spacial score (nSPS) is 14.8. The van der Waals surface area contributed by atoms with Gasteiger partial charge >= 0.3 is 5.97 Å². The lowest BCUT2D eigenvalue weighted by Crippen LogP contribution is -2.20. The molecule has 1 aliphatic heterocycles. The van der Waals surface area contributed by atoms with Crippen LogP contribution in [-0.4, -0.2) is 29.1 Å². The second-order valence-electron chi connectivity index (χ2n) is 4.33. The first kappa shape index (κ1) is 12.3. The summed E-state index contributed by atoms with van der Waals surface area (Å²) in [6.07, 6.45) is 1.96. The molecule has 1 aromatic rings. The van der Waals surface area contributed by atoms with Crippen molar-refractivity contribution in [3.8, 4) is 0 Å². The van der Waals surface area contributed by atoms with Crippen LogP contribution in [0.25, 0.3) is 0 Å². The van der Waals surface area contributed by atoms with Crippen molar-refractivity contribution in [2.75, 3.05) is 18.0 Å². The van der Waals surface area contributed by atoms with E-state index < -0.39 is 10.9 Å². The molecule has 0 spiro atoms. The quantitative estimate of drug-likeness (QED) is 0.651. The molecule has 96 valence electrons. The van der Waals surface area contributed by atoms with Crippen molar-refractivity contribution in [2.45, 2.75) is 19.3 Å². The summed E-state index contributed by atoms with van der Waals surface area (Å²) in [4.78, 5) is 23.1. The highest BCUT2D eigenvalue weighted by Crippen LogP contribution is 2.28. The Hall–Kier alpha value is -2.11. The first-order valence-corrected chi connectivity index (χ1v) is 5.82. The maximum absolute atomic E-state index is 10.8. The molecule has 1 fully saturated rings. The van der Waals surface area contributed by atoms with Crippen LogP contribution >= 0.6 is 0 Å². The molecule has 0 unspecified atom stereocenters. The van der Waals surface area contributed by atoms with E-state index in [-0.39, 0.29) is 12.1 Å². The van der Waals surface area contributed by atoms with Crippen LogP contribution in [0.1, 0.15) is 18.4 Å². The molecule has 0 bridgehead atoms. The summed E-state index contributed by atoms with van der Waals surface area (Å²) in [6.45, 7) is 1.76. The van der Waals surface area contributed by atoms with Crippen LogP contribution in [0.3, 0.4) is 0 Å². The lowest BCUT2D eigenvalue weighted by molar-refractivity contribution is -0.384. The number of anilines is 1. The van der Waals surface area contributed by atoms with Crippen LogP contribution in [0.4, 0.5) is 11.4 Å². The van der Waals surface area contributed by atoms with Gasteiger partial charge in [0.1, 0.15) is 0 Å². The van der Waals surface area contributed by atoms with Crippen molar-refractivity contribution >= 4 is 17.3 Å². The Balaban J connectivity index is 2.37. The smallest absolute Gasteiger partial charge is 0.307 e. The number of benzene rings is 1. The zero-order valence-electron chi connectivity index (χ0n) is 9.83. The topological polar surface area (TPSA) is 83.7 Å². The molecule has 0 aliphatic carbocycles. The monoisotopic (exact) mass is 250 g/mol. The minimum atomic E-state index is -0.976. The first-order chi connectivity index (χ1) is 8.58. The van der Waals surface area contributed by atoms with Gasteiger partial charge < -0.3 is 10.0 Å². The number of carbonyl (C=O) groups is 1. The Kier molecular flexibility index (Phi) is 3.45. The zero-order valence-corrected chi connectivity index (χ0v) is 9.83. The number of hydrogen-bond acceptors (Lipinski definition) is 4. The van der Waals surface area contributed by atoms with Gasteiger partial charge in [0.15, 0.2) is 0 Å². The number of carboxylic acid groups (broad SMARTS) is 1. The van der Waals surface area contributed by atoms with Crippen LogP contribution in [0.2, 0.25) is 0 Å². The highest BCUT2D eigenvalue weighted by Gasteiger charge is 2.19. The highest BCUT2D eigenvalue weighted by atomic mass is 16.6. The van der Waals surface area contributed by atoms with Gasteiger partial charge in [-0.3, -0.25) is 14.9 Å². The number of rotatable bonds is 4. The van der Waals surface area contributed by atoms with E-state index in [0.717, 1.165) is 31.6 Å². The van der Waals surface area contributed by atoms with Crippen molar-refractivity contribution in [1.82, 2.24) is 0 Å². The highest BCUT2D eigenvalue weighted by molar-refractivity contribution is 5.74. The molecule has 6 heteroatoms. The van der Waals surface area contributed by atoms with Gasteiger partial charge in [-0.1, -0.05) is 0 Å². The number of non-ortho nitro benzene ring substituents is 1. The Bertz CT molecular complexity index is 481. The average Bonchev–Trinajstić information content (AvgIpc) is 2.81. The summed E-state index contributed by atoms with van der Waals surface area (Å²) >= 11 is 0. The molecular weight excluding hydrogens is 236 g/mol. The SMILES string of the molecule is O=C(O)Cc1cc([N+](=O)[O-])ccc1N1CCCC1. The van der Waals surface area contributed by atoms with E-state index in [9.17, 15) is 14.9 Å². The van der Waals surface area contributed by atoms with Crippen LogP contribution in [0, 0.1) is 10.1 Å². The molecule has 18 heavy (non-hydrogen) atoms. The first-order valence-electron chi connectivity index (χ1n) is 5.82. The average molecular weight is 250 g/mol. The second-order valence-corrected chi connectivity index (χ2v) is 4.33. The molecule has 1 N–H and O–H groups in total. The van der Waals surface area contributed by atoms with E-state index in [2.05, 4.69) is 4.90 Å². The summed E-state index contributed by atoms with van der Waals surface area (Å²) in [6, 6.07) is 4.45. The molecular formula is C12H14N2O4. The van der Waals surface area contributed by atoms with Crippen molar-refractivity contribution in [3.63, 3.8) is 0 Å². The number of nitro groups is 1. The number of hydrogen-bond donors (Lipinski definition) is 1. The molecule has 6 nitrogen and oxygen atoms in total. The molecule has 0 saturated carbocycles. The lowest BCUT2D eigenvalue weighted by atomic mass is 10.1. The van der Waals surface area contributed by atoms with E-state index in [0.29, 0.717) is 5.56 Å². The number of carboxylic acids is 1. The van der Waals surface area contributed by atoms with Gasteiger partial charge in [0, 0.05) is 30.9 Å². The third kappa shape index (κ3) is 2.58. The standard InChI is InChI=1S/C12H14N2O4/c15-12(16)8-9-7-10(14(17)18)3-4-11(9)13-5-1-2-6-13/h3-4,7H,1-2,5-6,8H2,(H,15,16). The summed E-state index contributed by atoms with van der Waals surface area (Å²) in [5.74, 6) is -0.976. The Labute approximate surface area is 104 Å². The number of aliphatic carboxylic acids is 1. The fourth-order valence-corrected chi connectivity index (χ4v) is 2.26. The summed E-state index contributed by atoms with van der Waals surface area (Å²) in [5.41, 5.74) is 1.26. The molecule has 1 heterocycles. The van der Waals surface area contributed by atoms with Crippen molar-refractivity contribution < 1.29 is 14.8 Å². The predicted molar refractivity (Wildman–Crippen MR) is 65.9 cm³/mol. The molecule has 2 rings (SSSR count). The van der Waals surface area contributed by atoms with Crippen LogP contribution in [0.5, 0.6) is 0 Å². The molecule has 1 aromatic carbocycles.